The number of carbonyl (C=O) groups is 1. The average Bonchev–Trinajstić information content (AvgIpc) is 2.44. The van der Waals surface area contributed by atoms with Crippen molar-refractivity contribution < 1.29 is 9.90 Å². The van der Waals surface area contributed by atoms with Gasteiger partial charge in [0.2, 0.25) is 0 Å². The average molecular weight is 292 g/mol. The maximum atomic E-state index is 12.1. The fourth-order valence-corrected chi connectivity index (χ4v) is 2.60. The molecule has 0 radical (unpaired) electrons. The second-order valence-electron chi connectivity index (χ2n) is 5.97. The molecule has 0 aliphatic rings. The first-order chi connectivity index (χ1) is 9.92. The summed E-state index contributed by atoms with van der Waals surface area (Å²) in [6.07, 6.45) is 2.18. The number of rotatable bonds is 9. The summed E-state index contributed by atoms with van der Waals surface area (Å²) in [4.78, 5) is 14.2. The lowest BCUT2D eigenvalue weighted by atomic mass is 9.88. The van der Waals surface area contributed by atoms with E-state index in [2.05, 4.69) is 17.1 Å². The van der Waals surface area contributed by atoms with Crippen LogP contribution in [0.2, 0.25) is 0 Å². The SMILES string of the molecule is CCCCN(C)CC(NC(C)C)(C(=O)O)c1ccccc1. The highest BCUT2D eigenvalue weighted by molar-refractivity contribution is 5.81. The molecule has 0 spiro atoms. The molecule has 1 rings (SSSR count). The Hall–Kier alpha value is -1.39. The summed E-state index contributed by atoms with van der Waals surface area (Å²) < 4.78 is 0. The fraction of sp³-hybridized carbons (Fsp3) is 0.588. The zero-order chi connectivity index (χ0) is 15.9. The second kappa shape index (κ2) is 8.15. The molecule has 1 unspecified atom stereocenters. The van der Waals surface area contributed by atoms with E-state index in [4.69, 9.17) is 0 Å². The first-order valence-electron chi connectivity index (χ1n) is 7.67. The zero-order valence-corrected chi connectivity index (χ0v) is 13.6. The van der Waals surface area contributed by atoms with E-state index in [1.165, 1.54) is 0 Å². The van der Waals surface area contributed by atoms with Crippen LogP contribution in [0, 0.1) is 0 Å². The molecule has 118 valence electrons. The second-order valence-corrected chi connectivity index (χ2v) is 5.97. The van der Waals surface area contributed by atoms with Crippen molar-refractivity contribution in [3.63, 3.8) is 0 Å². The van der Waals surface area contributed by atoms with Crippen molar-refractivity contribution >= 4 is 5.97 Å². The van der Waals surface area contributed by atoms with Gasteiger partial charge in [-0.05, 0) is 39.4 Å². The van der Waals surface area contributed by atoms with E-state index in [0.29, 0.717) is 6.54 Å². The maximum absolute atomic E-state index is 12.1. The van der Waals surface area contributed by atoms with Gasteiger partial charge in [-0.25, -0.2) is 4.79 Å². The zero-order valence-electron chi connectivity index (χ0n) is 13.6. The first kappa shape index (κ1) is 17.7. The van der Waals surface area contributed by atoms with Crippen LogP contribution in [-0.4, -0.2) is 42.2 Å². The molecule has 21 heavy (non-hydrogen) atoms. The minimum atomic E-state index is -1.07. The van der Waals surface area contributed by atoms with Gasteiger partial charge in [0.15, 0.2) is 5.54 Å². The van der Waals surface area contributed by atoms with Crippen LogP contribution >= 0.6 is 0 Å². The molecule has 1 atom stereocenters. The van der Waals surface area contributed by atoms with Gasteiger partial charge in [-0.3, -0.25) is 5.32 Å². The van der Waals surface area contributed by atoms with Crippen molar-refractivity contribution in [3.8, 4) is 0 Å². The first-order valence-corrected chi connectivity index (χ1v) is 7.67. The maximum Gasteiger partial charge on any atom is 0.329 e. The minimum Gasteiger partial charge on any atom is -0.480 e. The number of hydrogen-bond donors (Lipinski definition) is 2. The molecule has 0 heterocycles. The summed E-state index contributed by atoms with van der Waals surface area (Å²) in [6.45, 7) is 7.45. The summed E-state index contributed by atoms with van der Waals surface area (Å²) in [7, 11) is 1.98. The van der Waals surface area contributed by atoms with Crippen LogP contribution in [-0.2, 0) is 10.3 Å². The molecular weight excluding hydrogens is 264 g/mol. The van der Waals surface area contributed by atoms with Gasteiger partial charge >= 0.3 is 5.97 Å². The van der Waals surface area contributed by atoms with Crippen molar-refractivity contribution in [1.82, 2.24) is 10.2 Å². The summed E-state index contributed by atoms with van der Waals surface area (Å²) in [5.41, 5.74) is -0.271. The third-order valence-electron chi connectivity index (χ3n) is 3.57. The molecule has 4 nitrogen and oxygen atoms in total. The Labute approximate surface area is 128 Å². The Bertz CT molecular complexity index is 434. The lowest BCUT2D eigenvalue weighted by molar-refractivity contribution is -0.146. The number of benzene rings is 1. The van der Waals surface area contributed by atoms with E-state index in [1.54, 1.807) is 0 Å². The normalized spacial score (nSPS) is 14.4. The Morgan fingerprint density at radius 1 is 1.33 bits per heavy atom. The minimum absolute atomic E-state index is 0.0841. The van der Waals surface area contributed by atoms with Gasteiger partial charge in [-0.15, -0.1) is 0 Å². The topological polar surface area (TPSA) is 52.6 Å². The highest BCUT2D eigenvalue weighted by Crippen LogP contribution is 2.24. The summed E-state index contributed by atoms with van der Waals surface area (Å²) in [5, 5.41) is 13.2. The monoisotopic (exact) mass is 292 g/mol. The molecule has 0 aliphatic carbocycles. The van der Waals surface area contributed by atoms with Crippen LogP contribution < -0.4 is 5.32 Å². The third-order valence-corrected chi connectivity index (χ3v) is 3.57. The molecule has 0 saturated heterocycles. The molecule has 0 saturated carbocycles. The van der Waals surface area contributed by atoms with Crippen LogP contribution in [0.25, 0.3) is 0 Å². The lowest BCUT2D eigenvalue weighted by Gasteiger charge is -2.36. The molecule has 4 heteroatoms. The van der Waals surface area contributed by atoms with E-state index in [1.807, 2.05) is 51.2 Å². The smallest absolute Gasteiger partial charge is 0.329 e. The number of aliphatic carboxylic acids is 1. The molecule has 1 aromatic carbocycles. The predicted molar refractivity (Wildman–Crippen MR) is 86.4 cm³/mol. The van der Waals surface area contributed by atoms with Gasteiger partial charge in [0.05, 0.1) is 0 Å². The highest BCUT2D eigenvalue weighted by atomic mass is 16.4. The fourth-order valence-electron chi connectivity index (χ4n) is 2.60. The highest BCUT2D eigenvalue weighted by Gasteiger charge is 2.41. The summed E-state index contributed by atoms with van der Waals surface area (Å²) in [6, 6.07) is 9.55. The number of hydrogen-bond acceptors (Lipinski definition) is 3. The molecular formula is C17H28N2O2. The van der Waals surface area contributed by atoms with Crippen molar-refractivity contribution in [3.05, 3.63) is 35.9 Å². The van der Waals surface area contributed by atoms with Crippen LogP contribution in [0.5, 0.6) is 0 Å². The number of nitrogens with zero attached hydrogens (tertiary/aromatic N) is 1. The van der Waals surface area contributed by atoms with Crippen molar-refractivity contribution in [1.29, 1.82) is 0 Å². The van der Waals surface area contributed by atoms with Gasteiger partial charge in [0.25, 0.3) is 0 Å². The molecule has 0 amide bonds. The van der Waals surface area contributed by atoms with Gasteiger partial charge in [-0.1, -0.05) is 43.7 Å². The van der Waals surface area contributed by atoms with E-state index >= 15 is 0 Å². The van der Waals surface area contributed by atoms with E-state index in [0.717, 1.165) is 24.9 Å². The van der Waals surface area contributed by atoms with Crippen molar-refractivity contribution in [2.75, 3.05) is 20.1 Å². The molecule has 1 aromatic rings. The number of carboxylic acid groups (broad SMARTS) is 1. The molecule has 0 aromatic heterocycles. The van der Waals surface area contributed by atoms with Crippen LogP contribution in [0.15, 0.2) is 30.3 Å². The van der Waals surface area contributed by atoms with Gasteiger partial charge in [0.1, 0.15) is 0 Å². The number of unbranched alkanes of at least 4 members (excludes halogenated alkanes) is 1. The third kappa shape index (κ3) is 4.83. The van der Waals surface area contributed by atoms with Crippen LogP contribution in [0.1, 0.15) is 39.2 Å². The van der Waals surface area contributed by atoms with Gasteiger partial charge in [-0.2, -0.15) is 0 Å². The lowest BCUT2D eigenvalue weighted by Crippen LogP contribution is -2.58. The number of nitrogens with one attached hydrogen (secondary N) is 1. The predicted octanol–water partition coefficient (Wildman–Crippen LogP) is 2.70. The Balaban J connectivity index is 3.10. The van der Waals surface area contributed by atoms with Crippen molar-refractivity contribution in [2.24, 2.45) is 0 Å². The quantitative estimate of drug-likeness (QED) is 0.735. The standard InChI is InChI=1S/C17H28N2O2/c1-5-6-12-19(4)13-17(16(20)21,18-14(2)3)15-10-8-7-9-11-15/h7-11,14,18H,5-6,12-13H2,1-4H3,(H,20,21). The van der Waals surface area contributed by atoms with E-state index in [9.17, 15) is 9.90 Å². The Morgan fingerprint density at radius 2 is 1.95 bits per heavy atom. The summed E-state index contributed by atoms with van der Waals surface area (Å²) in [5.74, 6) is -0.828. The number of likely N-dealkylation sites (N-methyl/N-ethyl adjacent to an activating group) is 1. The Kier molecular flexibility index (Phi) is 6.85. The van der Waals surface area contributed by atoms with Gasteiger partial charge < -0.3 is 10.0 Å². The Morgan fingerprint density at radius 3 is 2.43 bits per heavy atom. The molecule has 2 N–H and O–H groups in total. The van der Waals surface area contributed by atoms with E-state index in [-0.39, 0.29) is 6.04 Å². The summed E-state index contributed by atoms with van der Waals surface area (Å²) >= 11 is 0. The molecule has 0 bridgehead atoms. The van der Waals surface area contributed by atoms with E-state index < -0.39 is 11.5 Å². The number of carboxylic acids is 1. The largest absolute Gasteiger partial charge is 0.480 e. The van der Waals surface area contributed by atoms with Gasteiger partial charge in [0, 0.05) is 12.6 Å². The van der Waals surface area contributed by atoms with Crippen molar-refractivity contribution in [2.45, 2.75) is 45.2 Å². The van der Waals surface area contributed by atoms with Crippen LogP contribution in [0.4, 0.5) is 0 Å². The van der Waals surface area contributed by atoms with Crippen LogP contribution in [0.3, 0.4) is 0 Å². The molecule has 0 fully saturated rings. The molecule has 0 aliphatic heterocycles.